The van der Waals surface area contributed by atoms with E-state index in [1.54, 1.807) is 30.3 Å². The molecule has 3 aromatic rings. The number of anilines is 1. The highest BCUT2D eigenvalue weighted by atomic mass is 35.5. The number of aliphatic hydroxyl groups excluding tert-OH is 1. The predicted molar refractivity (Wildman–Crippen MR) is 88.3 cm³/mol. The molecule has 0 aliphatic carbocycles. The summed E-state index contributed by atoms with van der Waals surface area (Å²) in [6, 6.07) is 6.34. The van der Waals surface area contributed by atoms with Crippen molar-refractivity contribution in [1.29, 1.82) is 0 Å². The summed E-state index contributed by atoms with van der Waals surface area (Å²) in [7, 11) is 0. The van der Waals surface area contributed by atoms with Crippen LogP contribution < -0.4 is 5.32 Å². The first-order chi connectivity index (χ1) is 11.9. The molecule has 5 nitrogen and oxygen atoms in total. The molecule has 25 heavy (non-hydrogen) atoms. The molecule has 0 aliphatic rings. The molecule has 0 saturated heterocycles. The van der Waals surface area contributed by atoms with E-state index in [1.807, 2.05) is 0 Å². The van der Waals surface area contributed by atoms with Crippen molar-refractivity contribution in [2.75, 3.05) is 11.9 Å². The summed E-state index contributed by atoms with van der Waals surface area (Å²) in [5.41, 5.74) is 1.21. The Balaban J connectivity index is 2.09. The Hall–Kier alpha value is -2.45. The fraction of sp³-hybridized carbons (Fsp3) is 0.188. The van der Waals surface area contributed by atoms with E-state index >= 15 is 0 Å². The molecule has 0 aliphatic heterocycles. The van der Waals surface area contributed by atoms with E-state index in [1.165, 1.54) is 12.4 Å². The van der Waals surface area contributed by atoms with Gasteiger partial charge in [0.05, 0.1) is 6.61 Å². The fourth-order valence-electron chi connectivity index (χ4n) is 2.32. The third-order valence-corrected chi connectivity index (χ3v) is 3.84. The van der Waals surface area contributed by atoms with E-state index in [4.69, 9.17) is 16.7 Å². The number of benzene rings is 1. The number of aliphatic hydroxyl groups is 1. The molecule has 0 radical (unpaired) electrons. The molecule has 0 bridgehead atoms. The van der Waals surface area contributed by atoms with E-state index in [-0.39, 0.29) is 5.82 Å². The first-order valence-corrected chi connectivity index (χ1v) is 7.58. The number of rotatable bonds is 4. The van der Waals surface area contributed by atoms with Crippen LogP contribution in [-0.2, 0) is 0 Å². The summed E-state index contributed by atoms with van der Waals surface area (Å²) in [6.07, 6.45) is -1.71. The zero-order valence-electron chi connectivity index (χ0n) is 12.6. The van der Waals surface area contributed by atoms with Gasteiger partial charge in [-0.15, -0.1) is 10.2 Å². The van der Waals surface area contributed by atoms with Crippen molar-refractivity contribution in [2.24, 2.45) is 0 Å². The lowest BCUT2D eigenvalue weighted by molar-refractivity contribution is -0.149. The van der Waals surface area contributed by atoms with Gasteiger partial charge in [0.25, 0.3) is 0 Å². The summed E-state index contributed by atoms with van der Waals surface area (Å²) >= 11 is 5.87. The number of fused-ring (bicyclic) bond motifs is 1. The Labute approximate surface area is 145 Å². The summed E-state index contributed by atoms with van der Waals surface area (Å²) < 4.78 is 38.7. The Kier molecular flexibility index (Phi) is 4.73. The minimum Gasteiger partial charge on any atom is -0.394 e. The highest BCUT2D eigenvalue weighted by molar-refractivity contribution is 6.30. The molecular weight excluding hydrogens is 357 g/mol. The second kappa shape index (κ2) is 6.81. The summed E-state index contributed by atoms with van der Waals surface area (Å²) in [5, 5.41) is 20.6. The van der Waals surface area contributed by atoms with Crippen molar-refractivity contribution in [3.8, 4) is 11.3 Å². The minimum atomic E-state index is -4.63. The van der Waals surface area contributed by atoms with E-state index in [9.17, 15) is 13.2 Å². The van der Waals surface area contributed by atoms with Crippen molar-refractivity contribution in [3.63, 3.8) is 0 Å². The summed E-state index contributed by atoms with van der Waals surface area (Å²) in [4.78, 5) is 3.95. The van der Waals surface area contributed by atoms with Gasteiger partial charge in [-0.3, -0.25) is 4.98 Å². The van der Waals surface area contributed by atoms with Crippen LogP contribution in [0.1, 0.15) is 0 Å². The van der Waals surface area contributed by atoms with E-state index in [0.717, 1.165) is 0 Å². The molecule has 2 heterocycles. The third kappa shape index (κ3) is 3.64. The number of pyridine rings is 1. The van der Waals surface area contributed by atoms with Crippen LogP contribution >= 0.6 is 11.6 Å². The summed E-state index contributed by atoms with van der Waals surface area (Å²) in [5.74, 6) is -0.0998. The molecule has 0 spiro atoms. The molecule has 0 unspecified atom stereocenters. The van der Waals surface area contributed by atoms with Gasteiger partial charge in [0, 0.05) is 33.8 Å². The van der Waals surface area contributed by atoms with Gasteiger partial charge in [-0.2, -0.15) is 13.2 Å². The van der Waals surface area contributed by atoms with Crippen molar-refractivity contribution >= 4 is 28.2 Å². The second-order valence-corrected chi connectivity index (χ2v) is 5.68. The maximum Gasteiger partial charge on any atom is 0.410 e. The molecule has 3 rings (SSSR count). The predicted octanol–water partition coefficient (Wildman–Crippen LogP) is 3.68. The summed E-state index contributed by atoms with van der Waals surface area (Å²) in [6.45, 7) is -1.12. The third-order valence-electron chi connectivity index (χ3n) is 3.59. The first kappa shape index (κ1) is 17.4. The van der Waals surface area contributed by atoms with Gasteiger partial charge in [-0.1, -0.05) is 23.7 Å². The lowest BCUT2D eigenvalue weighted by Gasteiger charge is -2.20. The zero-order valence-corrected chi connectivity index (χ0v) is 13.4. The highest BCUT2D eigenvalue weighted by Crippen LogP contribution is 2.31. The molecule has 130 valence electrons. The molecule has 1 aromatic carbocycles. The molecule has 2 N–H and O–H groups in total. The van der Waals surface area contributed by atoms with Crippen LogP contribution in [0.3, 0.4) is 0 Å². The normalized spacial score (nSPS) is 13.0. The number of hydrogen-bond acceptors (Lipinski definition) is 5. The Morgan fingerprint density at radius 1 is 1.08 bits per heavy atom. The highest BCUT2D eigenvalue weighted by Gasteiger charge is 2.39. The first-order valence-electron chi connectivity index (χ1n) is 7.20. The van der Waals surface area contributed by atoms with Gasteiger partial charge in [0.1, 0.15) is 11.7 Å². The van der Waals surface area contributed by atoms with Crippen molar-refractivity contribution in [3.05, 3.63) is 47.7 Å². The van der Waals surface area contributed by atoms with Gasteiger partial charge in [-0.05, 0) is 18.2 Å². The smallest absolute Gasteiger partial charge is 0.394 e. The van der Waals surface area contributed by atoms with Gasteiger partial charge >= 0.3 is 6.18 Å². The van der Waals surface area contributed by atoms with Crippen LogP contribution in [0.15, 0.2) is 42.7 Å². The van der Waals surface area contributed by atoms with Crippen LogP contribution in [0.25, 0.3) is 22.0 Å². The van der Waals surface area contributed by atoms with Gasteiger partial charge in [-0.25, -0.2) is 0 Å². The molecule has 1 atom stereocenters. The van der Waals surface area contributed by atoms with Gasteiger partial charge in [0.2, 0.25) is 0 Å². The van der Waals surface area contributed by atoms with Gasteiger partial charge < -0.3 is 10.4 Å². The van der Waals surface area contributed by atoms with Crippen molar-refractivity contribution in [1.82, 2.24) is 15.2 Å². The second-order valence-electron chi connectivity index (χ2n) is 5.25. The maximum atomic E-state index is 12.9. The van der Waals surface area contributed by atoms with Crippen LogP contribution in [-0.4, -0.2) is 39.1 Å². The van der Waals surface area contributed by atoms with E-state index < -0.39 is 18.8 Å². The Bertz CT molecular complexity index is 887. The average molecular weight is 369 g/mol. The van der Waals surface area contributed by atoms with Crippen molar-refractivity contribution < 1.29 is 18.3 Å². The fourth-order valence-corrected chi connectivity index (χ4v) is 2.45. The number of alkyl halides is 3. The number of nitrogens with one attached hydrogen (secondary N) is 1. The molecule has 0 fully saturated rings. The van der Waals surface area contributed by atoms with Crippen LogP contribution in [0.2, 0.25) is 5.02 Å². The van der Waals surface area contributed by atoms with Crippen LogP contribution in [0, 0.1) is 0 Å². The molecule has 0 saturated carbocycles. The standard InChI is InChI=1S/C16H12ClF3N4O/c17-10-3-1-9(2-4-10)14-11-5-6-21-7-12(11)15(24-23-14)22-13(8-25)16(18,19)20/h1-7,13,25H,8H2,(H,22,24)/t13-/m0/s1. The number of hydrogen-bond donors (Lipinski definition) is 2. The number of halogens is 4. The monoisotopic (exact) mass is 368 g/mol. The lowest BCUT2D eigenvalue weighted by Crippen LogP contribution is -2.39. The average Bonchev–Trinajstić information content (AvgIpc) is 2.59. The minimum absolute atomic E-state index is 0.0998. The zero-order chi connectivity index (χ0) is 18.0. The van der Waals surface area contributed by atoms with Crippen LogP contribution in [0.5, 0.6) is 0 Å². The van der Waals surface area contributed by atoms with E-state index in [0.29, 0.717) is 27.1 Å². The molecule has 9 heteroatoms. The number of nitrogens with zero attached hydrogens (tertiary/aromatic N) is 3. The van der Waals surface area contributed by atoms with Gasteiger partial charge in [0.15, 0.2) is 5.82 Å². The molecule has 0 amide bonds. The molecular formula is C16H12ClF3N4O. The Morgan fingerprint density at radius 2 is 1.80 bits per heavy atom. The quantitative estimate of drug-likeness (QED) is 0.735. The SMILES string of the molecule is OC[C@H](Nc1nnc(-c2ccc(Cl)cc2)c2ccncc12)C(F)(F)F. The number of aromatic nitrogens is 3. The largest absolute Gasteiger partial charge is 0.410 e. The van der Waals surface area contributed by atoms with Crippen molar-refractivity contribution in [2.45, 2.75) is 12.2 Å². The Morgan fingerprint density at radius 3 is 2.44 bits per heavy atom. The van der Waals surface area contributed by atoms with Crippen LogP contribution in [0.4, 0.5) is 19.0 Å². The van der Waals surface area contributed by atoms with E-state index in [2.05, 4.69) is 20.5 Å². The maximum absolute atomic E-state index is 12.9. The topological polar surface area (TPSA) is 70.9 Å². The molecule has 2 aromatic heterocycles. The lowest BCUT2D eigenvalue weighted by atomic mass is 10.1.